The summed E-state index contributed by atoms with van der Waals surface area (Å²) in [6.07, 6.45) is 3.02. The zero-order valence-corrected chi connectivity index (χ0v) is 20.3. The fourth-order valence-corrected chi connectivity index (χ4v) is 3.38. The molecule has 0 unspecified atom stereocenters. The molecule has 0 bridgehead atoms. The molecule has 178 valence electrons. The lowest BCUT2D eigenvalue weighted by Gasteiger charge is -2.12. The number of rotatable bonds is 10. The van der Waals surface area contributed by atoms with E-state index in [9.17, 15) is 10.1 Å². The van der Waals surface area contributed by atoms with Crippen molar-refractivity contribution in [2.45, 2.75) is 13.5 Å². The van der Waals surface area contributed by atoms with E-state index in [0.29, 0.717) is 35.1 Å². The van der Waals surface area contributed by atoms with Gasteiger partial charge in [-0.1, -0.05) is 54.1 Å². The van der Waals surface area contributed by atoms with Crippen LogP contribution in [0.4, 0.5) is 5.69 Å². The number of carbonyl (C=O) groups is 1. The van der Waals surface area contributed by atoms with E-state index >= 15 is 0 Å². The number of nitriles is 1. The van der Waals surface area contributed by atoms with Crippen molar-refractivity contribution in [3.05, 3.63) is 101 Å². The highest BCUT2D eigenvalue weighted by atomic mass is 35.5. The Hall–Kier alpha value is -4.21. The van der Waals surface area contributed by atoms with Gasteiger partial charge in [-0.2, -0.15) is 5.26 Å². The van der Waals surface area contributed by atoms with E-state index in [0.717, 1.165) is 5.56 Å². The van der Waals surface area contributed by atoms with Crippen LogP contribution in [0.1, 0.15) is 16.7 Å². The van der Waals surface area contributed by atoms with Gasteiger partial charge in [0.05, 0.1) is 12.1 Å². The van der Waals surface area contributed by atoms with Crippen molar-refractivity contribution in [1.29, 1.82) is 5.26 Å². The Bertz CT molecular complexity index is 1260. The fourth-order valence-electron chi connectivity index (χ4n) is 3.10. The number of amides is 1. The lowest BCUT2D eigenvalue weighted by atomic mass is 10.1. The van der Waals surface area contributed by atoms with Crippen molar-refractivity contribution in [3.8, 4) is 23.3 Å². The summed E-state index contributed by atoms with van der Waals surface area (Å²) in [7, 11) is 1.48. The van der Waals surface area contributed by atoms with Crippen LogP contribution in [0.25, 0.3) is 6.08 Å². The second kappa shape index (κ2) is 12.3. The molecule has 0 aliphatic rings. The summed E-state index contributed by atoms with van der Waals surface area (Å²) in [5, 5.41) is 12.5. The maximum atomic E-state index is 12.7. The molecule has 6 nitrogen and oxygen atoms in total. The predicted octanol–water partition coefficient (Wildman–Crippen LogP) is 6.35. The fraction of sp³-hybridized carbons (Fsp3) is 0.143. The summed E-state index contributed by atoms with van der Waals surface area (Å²) in [6, 6.07) is 20.2. The van der Waals surface area contributed by atoms with E-state index in [4.69, 9.17) is 25.8 Å². The lowest BCUT2D eigenvalue weighted by molar-refractivity contribution is -0.112. The van der Waals surface area contributed by atoms with Crippen LogP contribution in [0.5, 0.6) is 17.2 Å². The normalized spacial score (nSPS) is 10.7. The Balaban J connectivity index is 1.68. The van der Waals surface area contributed by atoms with Gasteiger partial charge in [0.25, 0.3) is 5.91 Å². The zero-order chi connectivity index (χ0) is 25.2. The van der Waals surface area contributed by atoms with E-state index in [1.165, 1.54) is 18.7 Å². The molecule has 1 N–H and O–H groups in total. The second-order valence-corrected chi connectivity index (χ2v) is 7.96. The average molecular weight is 489 g/mol. The molecular weight excluding hydrogens is 464 g/mol. The van der Waals surface area contributed by atoms with E-state index in [1.54, 1.807) is 42.5 Å². The van der Waals surface area contributed by atoms with Gasteiger partial charge in [0, 0.05) is 5.69 Å². The molecule has 0 atom stereocenters. The highest BCUT2D eigenvalue weighted by Crippen LogP contribution is 2.37. The molecule has 0 saturated heterocycles. The highest BCUT2D eigenvalue weighted by Gasteiger charge is 2.14. The van der Waals surface area contributed by atoms with Crippen LogP contribution in [0, 0.1) is 18.3 Å². The summed E-state index contributed by atoms with van der Waals surface area (Å²) in [4.78, 5) is 12.7. The molecule has 0 radical (unpaired) electrons. The summed E-state index contributed by atoms with van der Waals surface area (Å²) >= 11 is 6.31. The van der Waals surface area contributed by atoms with Crippen LogP contribution in [0.3, 0.4) is 0 Å². The first-order valence-electron chi connectivity index (χ1n) is 10.8. The van der Waals surface area contributed by atoms with E-state index in [1.807, 2.05) is 37.3 Å². The molecule has 3 rings (SSSR count). The Kier molecular flexibility index (Phi) is 8.94. The Morgan fingerprint density at radius 1 is 1.11 bits per heavy atom. The Morgan fingerprint density at radius 3 is 2.46 bits per heavy atom. The van der Waals surface area contributed by atoms with Crippen molar-refractivity contribution in [1.82, 2.24) is 0 Å². The van der Waals surface area contributed by atoms with E-state index < -0.39 is 5.91 Å². The lowest BCUT2D eigenvalue weighted by Crippen LogP contribution is -2.13. The monoisotopic (exact) mass is 488 g/mol. The number of carbonyl (C=O) groups excluding carboxylic acids is 1. The van der Waals surface area contributed by atoms with E-state index in [2.05, 4.69) is 11.9 Å². The summed E-state index contributed by atoms with van der Waals surface area (Å²) < 4.78 is 16.6. The number of aryl methyl sites for hydroxylation is 1. The molecule has 0 aliphatic heterocycles. The van der Waals surface area contributed by atoms with Gasteiger partial charge in [-0.05, 0) is 60.5 Å². The van der Waals surface area contributed by atoms with Crippen LogP contribution >= 0.6 is 11.6 Å². The molecule has 0 aromatic heterocycles. The van der Waals surface area contributed by atoms with Gasteiger partial charge in [0.15, 0.2) is 11.5 Å². The number of hydrogen-bond donors (Lipinski definition) is 1. The van der Waals surface area contributed by atoms with Crippen LogP contribution < -0.4 is 19.5 Å². The van der Waals surface area contributed by atoms with Gasteiger partial charge >= 0.3 is 0 Å². The smallest absolute Gasteiger partial charge is 0.266 e. The van der Waals surface area contributed by atoms with E-state index in [-0.39, 0.29) is 17.2 Å². The van der Waals surface area contributed by atoms with Crippen LogP contribution in [0.15, 0.2) is 78.9 Å². The quantitative estimate of drug-likeness (QED) is 0.204. The molecule has 35 heavy (non-hydrogen) atoms. The molecular formula is C28H25ClN2O4. The van der Waals surface area contributed by atoms with Gasteiger partial charge < -0.3 is 19.5 Å². The molecule has 3 aromatic rings. The van der Waals surface area contributed by atoms with Crippen LogP contribution in [0.2, 0.25) is 5.02 Å². The molecule has 1 amide bonds. The van der Waals surface area contributed by atoms with Gasteiger partial charge in [-0.3, -0.25) is 4.79 Å². The molecule has 0 spiro atoms. The molecule has 3 aromatic carbocycles. The third kappa shape index (κ3) is 7.13. The van der Waals surface area contributed by atoms with Gasteiger partial charge in [0.1, 0.15) is 30.6 Å². The summed E-state index contributed by atoms with van der Waals surface area (Å²) in [5.74, 6) is 0.853. The third-order valence-corrected chi connectivity index (χ3v) is 5.19. The second-order valence-electron chi connectivity index (χ2n) is 7.56. The summed E-state index contributed by atoms with van der Waals surface area (Å²) in [5.41, 5.74) is 3.21. The SMILES string of the molecule is C=CCOc1c(Cl)cc(/C=C(\C#N)C(=O)Nc2ccc(OCc3ccc(C)cc3)cc2)cc1OC. The number of halogens is 1. The maximum Gasteiger partial charge on any atom is 0.266 e. The number of benzene rings is 3. The van der Waals surface area contributed by atoms with Gasteiger partial charge in [0.2, 0.25) is 0 Å². The number of anilines is 1. The van der Waals surface area contributed by atoms with Crippen molar-refractivity contribution < 1.29 is 19.0 Å². The number of hydrogen-bond acceptors (Lipinski definition) is 5. The largest absolute Gasteiger partial charge is 0.493 e. The topological polar surface area (TPSA) is 80.6 Å². The first kappa shape index (κ1) is 25.4. The number of ether oxygens (including phenoxy) is 3. The van der Waals surface area contributed by atoms with Crippen molar-refractivity contribution in [2.75, 3.05) is 19.0 Å². The van der Waals surface area contributed by atoms with Crippen molar-refractivity contribution >= 4 is 29.3 Å². The van der Waals surface area contributed by atoms with Crippen LogP contribution in [-0.2, 0) is 11.4 Å². The first-order valence-corrected chi connectivity index (χ1v) is 11.1. The minimum atomic E-state index is -0.553. The minimum absolute atomic E-state index is 0.0948. The Morgan fingerprint density at radius 2 is 1.83 bits per heavy atom. The molecule has 7 heteroatoms. The van der Waals surface area contributed by atoms with Gasteiger partial charge in [-0.15, -0.1) is 0 Å². The predicted molar refractivity (Wildman–Crippen MR) is 138 cm³/mol. The van der Waals surface area contributed by atoms with Crippen molar-refractivity contribution in [3.63, 3.8) is 0 Å². The first-order chi connectivity index (χ1) is 16.9. The minimum Gasteiger partial charge on any atom is -0.493 e. The maximum absolute atomic E-state index is 12.7. The number of nitrogens with one attached hydrogen (secondary N) is 1. The average Bonchev–Trinajstić information content (AvgIpc) is 2.86. The number of nitrogens with zero attached hydrogens (tertiary/aromatic N) is 1. The third-order valence-electron chi connectivity index (χ3n) is 4.91. The zero-order valence-electron chi connectivity index (χ0n) is 19.5. The highest BCUT2D eigenvalue weighted by molar-refractivity contribution is 6.32. The molecule has 0 saturated carbocycles. The molecule has 0 fully saturated rings. The number of methoxy groups -OCH3 is 1. The molecule has 0 aliphatic carbocycles. The standard InChI is InChI=1S/C28H25ClN2O4/c1-4-13-34-27-25(29)15-21(16-26(27)33-3)14-22(17-30)28(32)31-23-9-11-24(12-10-23)35-18-20-7-5-19(2)6-8-20/h4-12,14-16H,1,13,18H2,2-3H3,(H,31,32)/b22-14+. The summed E-state index contributed by atoms with van der Waals surface area (Å²) in [6.45, 7) is 6.34. The van der Waals surface area contributed by atoms with Crippen molar-refractivity contribution in [2.24, 2.45) is 0 Å². The van der Waals surface area contributed by atoms with Crippen LogP contribution in [-0.4, -0.2) is 19.6 Å². The Labute approximate surface area is 210 Å². The molecule has 0 heterocycles. The van der Waals surface area contributed by atoms with Gasteiger partial charge in [-0.25, -0.2) is 0 Å².